The highest BCUT2D eigenvalue weighted by Gasteiger charge is 2.23. The average Bonchev–Trinajstić information content (AvgIpc) is 3.52. The van der Waals surface area contributed by atoms with E-state index in [-0.39, 0.29) is 12.6 Å². The Morgan fingerprint density at radius 2 is 1.79 bits per heavy atom. The summed E-state index contributed by atoms with van der Waals surface area (Å²) < 4.78 is 12.7. The Bertz CT molecular complexity index is 1080. The van der Waals surface area contributed by atoms with Gasteiger partial charge in [0.05, 0.1) is 24.0 Å². The van der Waals surface area contributed by atoms with Crippen LogP contribution in [0.5, 0.6) is 5.75 Å². The Labute approximate surface area is 203 Å². The van der Waals surface area contributed by atoms with Gasteiger partial charge in [-0.1, -0.05) is 29.5 Å². The summed E-state index contributed by atoms with van der Waals surface area (Å²) in [5, 5.41) is 20.2. The van der Waals surface area contributed by atoms with Gasteiger partial charge in [0.2, 0.25) is 5.95 Å². The third-order valence-electron chi connectivity index (χ3n) is 5.51. The lowest BCUT2D eigenvalue weighted by Crippen LogP contribution is -2.22. The number of benzene rings is 2. The van der Waals surface area contributed by atoms with Gasteiger partial charge < -0.3 is 19.5 Å². The molecule has 0 spiro atoms. The third-order valence-corrected chi connectivity index (χ3v) is 6.58. The highest BCUT2D eigenvalue weighted by Crippen LogP contribution is 2.29. The Hall–Kier alpha value is -3.04. The molecule has 1 N–H and O–H groups in total. The molecule has 8 nitrogen and oxygen atoms in total. The summed E-state index contributed by atoms with van der Waals surface area (Å²) in [6, 6.07) is 15.0. The number of esters is 1. The molecular formula is C25H30N4O4S. The number of aromatic nitrogens is 3. The minimum Gasteiger partial charge on any atom is -0.491 e. The highest BCUT2D eigenvalue weighted by atomic mass is 32.2. The molecule has 2 heterocycles. The van der Waals surface area contributed by atoms with Crippen LogP contribution in [-0.2, 0) is 4.74 Å². The van der Waals surface area contributed by atoms with E-state index in [9.17, 15) is 9.90 Å². The second-order valence-electron chi connectivity index (χ2n) is 8.17. The summed E-state index contributed by atoms with van der Waals surface area (Å²) in [4.78, 5) is 14.0. The Morgan fingerprint density at radius 3 is 2.47 bits per heavy atom. The fourth-order valence-electron chi connectivity index (χ4n) is 3.71. The Kier molecular flexibility index (Phi) is 8.08. The van der Waals surface area contributed by atoms with E-state index < -0.39 is 6.10 Å². The predicted octanol–water partition coefficient (Wildman–Crippen LogP) is 3.88. The van der Waals surface area contributed by atoms with E-state index in [0.717, 1.165) is 42.7 Å². The third kappa shape index (κ3) is 5.90. The van der Waals surface area contributed by atoms with Gasteiger partial charge in [-0.25, -0.2) is 4.79 Å². The lowest BCUT2D eigenvalue weighted by atomic mass is 10.2. The van der Waals surface area contributed by atoms with Crippen molar-refractivity contribution in [2.24, 2.45) is 0 Å². The molecule has 0 saturated carbocycles. The lowest BCUT2D eigenvalue weighted by Gasteiger charge is -2.19. The number of rotatable bonds is 10. The first-order chi connectivity index (χ1) is 16.5. The van der Waals surface area contributed by atoms with Crippen LogP contribution in [0.4, 0.5) is 5.95 Å². The first-order valence-corrected chi connectivity index (χ1v) is 12.5. The van der Waals surface area contributed by atoms with Crippen LogP contribution in [-0.4, -0.2) is 64.0 Å². The van der Waals surface area contributed by atoms with Crippen LogP contribution in [0, 0.1) is 6.92 Å². The van der Waals surface area contributed by atoms with Gasteiger partial charge in [0.25, 0.3) is 0 Å². The van der Waals surface area contributed by atoms with Gasteiger partial charge in [-0.3, -0.25) is 4.57 Å². The maximum absolute atomic E-state index is 11.8. The molecule has 1 aliphatic heterocycles. The summed E-state index contributed by atoms with van der Waals surface area (Å²) in [7, 11) is 0. The fraction of sp³-hybridized carbons (Fsp3) is 0.400. The molecular weight excluding hydrogens is 452 g/mol. The molecule has 4 rings (SSSR count). The number of aliphatic hydroxyl groups excluding tert-OH is 1. The van der Waals surface area contributed by atoms with Crippen molar-refractivity contribution in [2.75, 3.05) is 37.0 Å². The van der Waals surface area contributed by atoms with E-state index in [1.807, 2.05) is 0 Å². The van der Waals surface area contributed by atoms with Crippen LogP contribution in [0.1, 0.15) is 35.7 Å². The van der Waals surface area contributed by atoms with Crippen molar-refractivity contribution in [3.63, 3.8) is 0 Å². The van der Waals surface area contributed by atoms with E-state index in [0.29, 0.717) is 23.7 Å². The number of thioether (sulfide) groups is 1. The van der Waals surface area contributed by atoms with E-state index in [1.54, 1.807) is 31.2 Å². The maximum Gasteiger partial charge on any atom is 0.338 e. The van der Waals surface area contributed by atoms with Crippen molar-refractivity contribution in [3.8, 4) is 11.4 Å². The summed E-state index contributed by atoms with van der Waals surface area (Å²) in [6.45, 7) is 6.24. The first kappa shape index (κ1) is 24.1. The van der Waals surface area contributed by atoms with Crippen LogP contribution in [0.25, 0.3) is 5.69 Å². The minimum atomic E-state index is -0.701. The van der Waals surface area contributed by atoms with Crippen molar-refractivity contribution >= 4 is 23.7 Å². The van der Waals surface area contributed by atoms with E-state index in [2.05, 4.69) is 50.9 Å². The van der Waals surface area contributed by atoms with Gasteiger partial charge >= 0.3 is 5.97 Å². The Morgan fingerprint density at radius 1 is 1.09 bits per heavy atom. The summed E-state index contributed by atoms with van der Waals surface area (Å²) in [6.07, 6.45) is 1.60. The van der Waals surface area contributed by atoms with E-state index in [1.165, 1.54) is 17.3 Å². The molecule has 3 aromatic rings. The van der Waals surface area contributed by atoms with Gasteiger partial charge in [-0.05, 0) is 63.1 Å². The Balaban J connectivity index is 1.38. The van der Waals surface area contributed by atoms with Crippen LogP contribution >= 0.6 is 11.8 Å². The standard InChI is InChI=1S/C25H30N4O4S/c1-3-32-23(31)19-8-12-22(13-9-19)33-16-21(30)17-34-25-27-26-24(28-14-4-5-15-28)29(25)20-10-6-18(2)7-11-20/h6-13,21,30H,3-5,14-17H2,1-2H3. The second-order valence-corrected chi connectivity index (χ2v) is 9.16. The minimum absolute atomic E-state index is 0.128. The number of nitrogens with zero attached hydrogens (tertiary/aromatic N) is 4. The monoisotopic (exact) mass is 482 g/mol. The number of anilines is 1. The molecule has 34 heavy (non-hydrogen) atoms. The van der Waals surface area contributed by atoms with Gasteiger partial charge in [-0.15, -0.1) is 10.2 Å². The second kappa shape index (κ2) is 11.4. The zero-order valence-electron chi connectivity index (χ0n) is 19.5. The van der Waals surface area contributed by atoms with Crippen LogP contribution < -0.4 is 9.64 Å². The largest absolute Gasteiger partial charge is 0.491 e. The van der Waals surface area contributed by atoms with Crippen molar-refractivity contribution in [1.29, 1.82) is 0 Å². The number of hydrogen-bond donors (Lipinski definition) is 1. The zero-order chi connectivity index (χ0) is 23.9. The van der Waals surface area contributed by atoms with Crippen LogP contribution in [0.2, 0.25) is 0 Å². The first-order valence-electron chi connectivity index (χ1n) is 11.5. The number of carbonyl (C=O) groups is 1. The van der Waals surface area contributed by atoms with Gasteiger partial charge in [0.15, 0.2) is 5.16 Å². The van der Waals surface area contributed by atoms with Crippen molar-refractivity contribution in [2.45, 2.75) is 37.9 Å². The van der Waals surface area contributed by atoms with Crippen molar-refractivity contribution in [1.82, 2.24) is 14.8 Å². The van der Waals surface area contributed by atoms with Gasteiger partial charge in [-0.2, -0.15) is 0 Å². The number of aryl methyl sites for hydroxylation is 1. The molecule has 0 aliphatic carbocycles. The fourth-order valence-corrected chi connectivity index (χ4v) is 4.56. The quantitative estimate of drug-likeness (QED) is 0.344. The molecule has 180 valence electrons. The maximum atomic E-state index is 11.8. The summed E-state index contributed by atoms with van der Waals surface area (Å²) in [5.41, 5.74) is 2.67. The molecule has 1 saturated heterocycles. The molecule has 1 atom stereocenters. The predicted molar refractivity (Wildman–Crippen MR) is 132 cm³/mol. The zero-order valence-corrected chi connectivity index (χ0v) is 20.3. The molecule has 1 aromatic heterocycles. The molecule has 0 radical (unpaired) electrons. The SMILES string of the molecule is CCOC(=O)c1ccc(OCC(O)CSc2nnc(N3CCCC3)n2-c2ccc(C)cc2)cc1. The molecule has 0 amide bonds. The number of carbonyl (C=O) groups excluding carboxylic acids is 1. The average molecular weight is 483 g/mol. The van der Waals surface area contributed by atoms with Gasteiger partial charge in [0, 0.05) is 18.8 Å². The van der Waals surface area contributed by atoms with Crippen molar-refractivity contribution < 1.29 is 19.4 Å². The van der Waals surface area contributed by atoms with Crippen molar-refractivity contribution in [3.05, 3.63) is 59.7 Å². The lowest BCUT2D eigenvalue weighted by molar-refractivity contribution is 0.0526. The van der Waals surface area contributed by atoms with E-state index in [4.69, 9.17) is 9.47 Å². The molecule has 1 fully saturated rings. The normalized spacial score (nSPS) is 14.3. The summed E-state index contributed by atoms with van der Waals surface area (Å²) in [5.74, 6) is 1.47. The smallest absolute Gasteiger partial charge is 0.338 e. The topological polar surface area (TPSA) is 89.7 Å². The molecule has 9 heteroatoms. The van der Waals surface area contributed by atoms with Gasteiger partial charge in [0.1, 0.15) is 12.4 Å². The number of aliphatic hydroxyl groups is 1. The molecule has 2 aromatic carbocycles. The highest BCUT2D eigenvalue weighted by molar-refractivity contribution is 7.99. The van der Waals surface area contributed by atoms with Crippen LogP contribution in [0.15, 0.2) is 53.7 Å². The van der Waals surface area contributed by atoms with E-state index >= 15 is 0 Å². The summed E-state index contributed by atoms with van der Waals surface area (Å²) >= 11 is 1.45. The number of hydrogen-bond acceptors (Lipinski definition) is 8. The molecule has 1 aliphatic rings. The van der Waals surface area contributed by atoms with Crippen LogP contribution in [0.3, 0.4) is 0 Å². The molecule has 1 unspecified atom stereocenters. The molecule has 0 bridgehead atoms. The number of ether oxygens (including phenoxy) is 2.